The van der Waals surface area contributed by atoms with Gasteiger partial charge in [-0.05, 0) is 48.1 Å². The van der Waals surface area contributed by atoms with Crippen LogP contribution in [-0.2, 0) is 0 Å². The standard InChI is InChI=1S/C22H23BrN4O2S/c1-13-9-14(2)12-26(11-13)18(15-5-3-6-16(23)10-15)19-21(28)27-22(30-19)24-20(25-27)17-7-4-8-29-17/h3-8,10,13-14,18,28H,9,11-12H2,1-2H3/t13-,14-,18+/m1/s1. The van der Waals surface area contributed by atoms with Crippen molar-refractivity contribution in [2.24, 2.45) is 11.8 Å². The Morgan fingerprint density at radius 3 is 2.67 bits per heavy atom. The van der Waals surface area contributed by atoms with Crippen molar-refractivity contribution in [3.63, 3.8) is 0 Å². The molecule has 0 spiro atoms. The van der Waals surface area contributed by atoms with E-state index in [-0.39, 0.29) is 11.9 Å². The fraction of sp³-hybridized carbons (Fsp3) is 0.364. The molecule has 0 bridgehead atoms. The molecule has 0 unspecified atom stereocenters. The van der Waals surface area contributed by atoms with E-state index < -0.39 is 0 Å². The smallest absolute Gasteiger partial charge is 0.230 e. The van der Waals surface area contributed by atoms with E-state index in [1.165, 1.54) is 22.3 Å². The molecule has 30 heavy (non-hydrogen) atoms. The van der Waals surface area contributed by atoms with Crippen LogP contribution in [0.25, 0.3) is 16.5 Å². The van der Waals surface area contributed by atoms with Crippen molar-refractivity contribution >= 4 is 32.2 Å². The number of hydrogen-bond acceptors (Lipinski definition) is 6. The second-order valence-electron chi connectivity index (χ2n) is 8.25. The van der Waals surface area contributed by atoms with Crippen molar-refractivity contribution in [3.05, 3.63) is 57.6 Å². The van der Waals surface area contributed by atoms with Crippen molar-refractivity contribution in [1.29, 1.82) is 0 Å². The Hall–Kier alpha value is -2.16. The molecule has 1 aliphatic heterocycles. The molecule has 3 aromatic heterocycles. The van der Waals surface area contributed by atoms with Crippen LogP contribution in [0, 0.1) is 11.8 Å². The van der Waals surface area contributed by atoms with Gasteiger partial charge < -0.3 is 9.52 Å². The summed E-state index contributed by atoms with van der Waals surface area (Å²) in [6, 6.07) is 11.9. The van der Waals surface area contributed by atoms with Crippen LogP contribution in [0.4, 0.5) is 0 Å². The first-order chi connectivity index (χ1) is 14.5. The van der Waals surface area contributed by atoms with Crippen LogP contribution >= 0.6 is 27.3 Å². The third-order valence-electron chi connectivity index (χ3n) is 5.62. The summed E-state index contributed by atoms with van der Waals surface area (Å²) in [4.78, 5) is 8.61. The molecular formula is C22H23BrN4O2S. The van der Waals surface area contributed by atoms with Gasteiger partial charge >= 0.3 is 0 Å². The van der Waals surface area contributed by atoms with Gasteiger partial charge in [-0.2, -0.15) is 9.50 Å². The Morgan fingerprint density at radius 2 is 2.00 bits per heavy atom. The number of rotatable bonds is 4. The van der Waals surface area contributed by atoms with Crippen molar-refractivity contribution in [2.75, 3.05) is 13.1 Å². The van der Waals surface area contributed by atoms with Crippen molar-refractivity contribution in [2.45, 2.75) is 26.3 Å². The molecule has 1 N–H and O–H groups in total. The van der Waals surface area contributed by atoms with Gasteiger partial charge in [0, 0.05) is 17.6 Å². The molecule has 1 fully saturated rings. The molecule has 5 rings (SSSR count). The summed E-state index contributed by atoms with van der Waals surface area (Å²) in [7, 11) is 0. The predicted octanol–water partition coefficient (Wildman–Crippen LogP) is 5.59. The average Bonchev–Trinajstić information content (AvgIpc) is 3.40. The number of aromatic nitrogens is 3. The molecular weight excluding hydrogens is 464 g/mol. The highest BCUT2D eigenvalue weighted by Crippen LogP contribution is 2.42. The van der Waals surface area contributed by atoms with Gasteiger partial charge in [-0.15, -0.1) is 5.10 Å². The molecule has 0 aliphatic carbocycles. The Labute approximate surface area is 187 Å². The van der Waals surface area contributed by atoms with Crippen LogP contribution in [-0.4, -0.2) is 37.7 Å². The first-order valence-electron chi connectivity index (χ1n) is 10.1. The van der Waals surface area contributed by atoms with Crippen LogP contribution in [0.5, 0.6) is 5.88 Å². The van der Waals surface area contributed by atoms with Crippen molar-refractivity contribution in [1.82, 2.24) is 19.5 Å². The molecule has 156 valence electrons. The fourth-order valence-electron chi connectivity index (χ4n) is 4.57. The maximum absolute atomic E-state index is 11.2. The lowest BCUT2D eigenvalue weighted by atomic mass is 9.89. The molecule has 1 aromatic carbocycles. The zero-order chi connectivity index (χ0) is 20.8. The summed E-state index contributed by atoms with van der Waals surface area (Å²) in [6.45, 7) is 6.59. The molecule has 4 aromatic rings. The van der Waals surface area contributed by atoms with E-state index in [9.17, 15) is 5.11 Å². The maximum Gasteiger partial charge on any atom is 0.230 e. The highest BCUT2D eigenvalue weighted by molar-refractivity contribution is 9.10. The highest BCUT2D eigenvalue weighted by atomic mass is 79.9. The van der Waals surface area contributed by atoms with Gasteiger partial charge in [0.15, 0.2) is 5.76 Å². The Kier molecular flexibility index (Phi) is 5.16. The largest absolute Gasteiger partial charge is 0.492 e. The minimum absolute atomic E-state index is 0.0479. The van der Waals surface area contributed by atoms with Crippen molar-refractivity contribution < 1.29 is 9.52 Å². The molecule has 3 atom stereocenters. The Bertz CT molecular complexity index is 1160. The lowest BCUT2D eigenvalue weighted by Crippen LogP contribution is -2.41. The van der Waals surface area contributed by atoms with E-state index in [1.54, 1.807) is 12.3 Å². The number of thiazole rings is 1. The van der Waals surface area contributed by atoms with Gasteiger partial charge in [-0.3, -0.25) is 4.90 Å². The Morgan fingerprint density at radius 1 is 1.20 bits per heavy atom. The zero-order valence-corrected chi connectivity index (χ0v) is 19.2. The van der Waals surface area contributed by atoms with E-state index in [1.807, 2.05) is 18.2 Å². The zero-order valence-electron chi connectivity index (χ0n) is 16.8. The predicted molar refractivity (Wildman–Crippen MR) is 121 cm³/mol. The summed E-state index contributed by atoms with van der Waals surface area (Å²) in [6.07, 6.45) is 2.83. The normalized spacial score (nSPS) is 21.3. The number of furan rings is 1. The summed E-state index contributed by atoms with van der Waals surface area (Å²) >= 11 is 5.10. The SMILES string of the molecule is C[C@@H]1C[C@@H](C)CN([C@@H](c2cccc(Br)c2)c2sc3nc(-c4ccco4)nn3c2O)C1. The quantitative estimate of drug-likeness (QED) is 0.407. The van der Waals surface area contributed by atoms with Gasteiger partial charge in [-0.1, -0.05) is 53.2 Å². The number of likely N-dealkylation sites (tertiary alicyclic amines) is 1. The topological polar surface area (TPSA) is 66.8 Å². The lowest BCUT2D eigenvalue weighted by molar-refractivity contribution is 0.112. The van der Waals surface area contributed by atoms with Gasteiger partial charge in [0.2, 0.25) is 16.7 Å². The lowest BCUT2D eigenvalue weighted by Gasteiger charge is -2.40. The van der Waals surface area contributed by atoms with E-state index in [0.29, 0.717) is 28.4 Å². The van der Waals surface area contributed by atoms with Crippen molar-refractivity contribution in [3.8, 4) is 17.5 Å². The fourth-order valence-corrected chi connectivity index (χ4v) is 6.10. The first kappa shape index (κ1) is 19.8. The monoisotopic (exact) mass is 486 g/mol. The molecule has 6 nitrogen and oxygen atoms in total. The van der Waals surface area contributed by atoms with Crippen LogP contribution < -0.4 is 0 Å². The molecule has 4 heterocycles. The molecule has 0 amide bonds. The molecule has 1 saturated heterocycles. The summed E-state index contributed by atoms with van der Waals surface area (Å²) in [5.74, 6) is 2.44. The molecule has 8 heteroatoms. The number of piperidine rings is 1. The van der Waals surface area contributed by atoms with Crippen LogP contribution in [0.15, 0.2) is 51.6 Å². The van der Waals surface area contributed by atoms with E-state index in [0.717, 1.165) is 28.0 Å². The van der Waals surface area contributed by atoms with Crippen LogP contribution in [0.3, 0.4) is 0 Å². The molecule has 1 aliphatic rings. The van der Waals surface area contributed by atoms with E-state index in [2.05, 4.69) is 56.9 Å². The number of benzene rings is 1. The Balaban J connectivity index is 1.61. The highest BCUT2D eigenvalue weighted by Gasteiger charge is 2.34. The minimum atomic E-state index is -0.0479. The van der Waals surface area contributed by atoms with Gasteiger partial charge in [0.25, 0.3) is 0 Å². The van der Waals surface area contributed by atoms with E-state index in [4.69, 9.17) is 4.42 Å². The number of nitrogens with zero attached hydrogens (tertiary/aromatic N) is 4. The average molecular weight is 487 g/mol. The number of fused-ring (bicyclic) bond motifs is 1. The molecule has 0 radical (unpaired) electrons. The van der Waals surface area contributed by atoms with E-state index >= 15 is 0 Å². The minimum Gasteiger partial charge on any atom is -0.492 e. The number of aromatic hydroxyl groups is 1. The van der Waals surface area contributed by atoms with Gasteiger partial charge in [0.1, 0.15) is 0 Å². The van der Waals surface area contributed by atoms with Crippen LogP contribution in [0.2, 0.25) is 0 Å². The van der Waals surface area contributed by atoms with Crippen LogP contribution in [0.1, 0.15) is 36.8 Å². The summed E-state index contributed by atoms with van der Waals surface area (Å²) < 4.78 is 7.97. The second-order valence-corrected chi connectivity index (χ2v) is 10.2. The second kappa shape index (κ2) is 7.83. The summed E-state index contributed by atoms with van der Waals surface area (Å²) in [5.41, 5.74) is 1.15. The summed E-state index contributed by atoms with van der Waals surface area (Å²) in [5, 5.41) is 15.7. The van der Waals surface area contributed by atoms with Gasteiger partial charge in [-0.25, -0.2) is 0 Å². The maximum atomic E-state index is 11.2. The number of halogens is 1. The third kappa shape index (κ3) is 3.57. The third-order valence-corrected chi connectivity index (χ3v) is 7.18. The number of hydrogen-bond donors (Lipinski definition) is 1. The van der Waals surface area contributed by atoms with Gasteiger partial charge in [0.05, 0.1) is 17.2 Å². The first-order valence-corrected chi connectivity index (χ1v) is 11.7. The molecule has 0 saturated carbocycles.